The quantitative estimate of drug-likeness (QED) is 0.747. The molecule has 1 atom stereocenters. The summed E-state index contributed by atoms with van der Waals surface area (Å²) >= 11 is 0. The average molecular weight is 423 g/mol. The van der Waals surface area contributed by atoms with E-state index >= 15 is 0 Å². The van der Waals surface area contributed by atoms with Gasteiger partial charge in [-0.2, -0.15) is 0 Å². The molecule has 1 spiro atoms. The number of carbonyl (C=O) groups excluding carboxylic acids is 3. The predicted octanol–water partition coefficient (Wildman–Crippen LogP) is 2.43. The highest BCUT2D eigenvalue weighted by Crippen LogP contribution is 2.32. The lowest BCUT2D eigenvalue weighted by atomic mass is 9.88. The zero-order chi connectivity index (χ0) is 22.0. The van der Waals surface area contributed by atoms with Crippen molar-refractivity contribution >= 4 is 17.8 Å². The maximum Gasteiger partial charge on any atom is 0.325 e. The summed E-state index contributed by atoms with van der Waals surface area (Å²) in [5.41, 5.74) is 0.223. The number of imide groups is 1. The van der Waals surface area contributed by atoms with E-state index in [1.165, 1.54) is 19.1 Å². The van der Waals surface area contributed by atoms with E-state index in [1.807, 2.05) is 30.3 Å². The number of nitrogens with one attached hydrogen (secondary N) is 1. The van der Waals surface area contributed by atoms with Crippen molar-refractivity contribution in [2.24, 2.45) is 0 Å². The number of hydrogen-bond acceptors (Lipinski definition) is 5. The van der Waals surface area contributed by atoms with E-state index in [9.17, 15) is 14.4 Å². The Kier molecular flexibility index (Phi) is 5.54. The number of piperidine rings is 1. The van der Waals surface area contributed by atoms with Crippen molar-refractivity contribution in [3.63, 3.8) is 0 Å². The van der Waals surface area contributed by atoms with Crippen LogP contribution in [0, 0.1) is 0 Å². The van der Waals surface area contributed by atoms with Crippen LogP contribution < -0.4 is 14.8 Å². The summed E-state index contributed by atoms with van der Waals surface area (Å²) in [5, 5.41) is 2.87. The van der Waals surface area contributed by atoms with Crippen LogP contribution >= 0.6 is 0 Å². The smallest absolute Gasteiger partial charge is 0.325 e. The fourth-order valence-corrected chi connectivity index (χ4v) is 4.24. The molecular formula is C23H25N3O5. The van der Waals surface area contributed by atoms with Crippen molar-refractivity contribution in [3.05, 3.63) is 59.7 Å². The highest BCUT2D eigenvalue weighted by Gasteiger charge is 2.53. The summed E-state index contributed by atoms with van der Waals surface area (Å²) in [4.78, 5) is 41.9. The lowest BCUT2D eigenvalue weighted by Crippen LogP contribution is -2.59. The maximum absolute atomic E-state index is 13.3. The molecule has 4 amide bonds. The van der Waals surface area contributed by atoms with Crippen molar-refractivity contribution in [2.45, 2.75) is 24.9 Å². The summed E-state index contributed by atoms with van der Waals surface area (Å²) < 4.78 is 10.5. The topological polar surface area (TPSA) is 88.2 Å². The summed E-state index contributed by atoms with van der Waals surface area (Å²) in [5.74, 6) is 0.484. The zero-order valence-electron chi connectivity index (χ0n) is 17.6. The lowest BCUT2D eigenvalue weighted by molar-refractivity contribution is -0.133. The van der Waals surface area contributed by atoms with Gasteiger partial charge in [-0.25, -0.2) is 4.79 Å². The van der Waals surface area contributed by atoms with Gasteiger partial charge in [0.25, 0.3) is 11.8 Å². The Bertz CT molecular complexity index is 1010. The molecule has 31 heavy (non-hydrogen) atoms. The van der Waals surface area contributed by atoms with Crippen molar-refractivity contribution < 1.29 is 23.9 Å². The minimum absolute atomic E-state index is 0.135. The second-order valence-electron chi connectivity index (χ2n) is 7.79. The molecular weight excluding hydrogens is 398 g/mol. The second kappa shape index (κ2) is 8.29. The van der Waals surface area contributed by atoms with E-state index in [0.717, 1.165) is 5.56 Å². The largest absolute Gasteiger partial charge is 0.493 e. The molecule has 0 radical (unpaired) electrons. The molecule has 2 heterocycles. The van der Waals surface area contributed by atoms with Gasteiger partial charge in [-0.1, -0.05) is 30.3 Å². The van der Waals surface area contributed by atoms with Gasteiger partial charge in [0, 0.05) is 12.1 Å². The number of methoxy groups -OCH3 is 2. The molecule has 2 saturated heterocycles. The van der Waals surface area contributed by atoms with Gasteiger partial charge in [0.15, 0.2) is 11.5 Å². The van der Waals surface area contributed by atoms with Gasteiger partial charge in [0.1, 0.15) is 5.54 Å². The molecule has 2 aromatic carbocycles. The zero-order valence-corrected chi connectivity index (χ0v) is 17.6. The summed E-state index contributed by atoms with van der Waals surface area (Å²) in [6, 6.07) is 13.9. The van der Waals surface area contributed by atoms with Gasteiger partial charge in [-0.05, 0) is 36.6 Å². The molecule has 162 valence electrons. The monoisotopic (exact) mass is 423 g/mol. The first kappa shape index (κ1) is 20.7. The lowest BCUT2D eigenvalue weighted by Gasteiger charge is -2.38. The Labute approximate surface area is 180 Å². The molecule has 0 bridgehead atoms. The van der Waals surface area contributed by atoms with Crippen LogP contribution in [0.15, 0.2) is 48.5 Å². The summed E-state index contributed by atoms with van der Waals surface area (Å²) in [7, 11) is 3.04. The number of urea groups is 1. The predicted molar refractivity (Wildman–Crippen MR) is 113 cm³/mol. The molecule has 8 nitrogen and oxygen atoms in total. The van der Waals surface area contributed by atoms with E-state index in [1.54, 1.807) is 23.1 Å². The van der Waals surface area contributed by atoms with Crippen molar-refractivity contribution in [2.75, 3.05) is 27.3 Å². The number of likely N-dealkylation sites (tertiary alicyclic amines) is 1. The van der Waals surface area contributed by atoms with Crippen molar-refractivity contribution in [3.8, 4) is 11.5 Å². The summed E-state index contributed by atoms with van der Waals surface area (Å²) in [6.07, 6.45) is 1.11. The number of hydrogen-bond donors (Lipinski definition) is 1. The molecule has 4 rings (SSSR count). The molecule has 2 aromatic rings. The van der Waals surface area contributed by atoms with Crippen molar-refractivity contribution in [1.29, 1.82) is 0 Å². The average Bonchev–Trinajstić information content (AvgIpc) is 3.02. The van der Waals surface area contributed by atoms with Crippen LogP contribution in [0.25, 0.3) is 0 Å². The molecule has 8 heteroatoms. The standard InChI is InChI=1S/C23H25N3O5/c1-30-18-10-9-17(13-19(18)31-2)20(27)25-12-6-11-23(15-25)21(28)26(22(29)24-23)14-16-7-4-3-5-8-16/h3-5,7-10,13H,6,11-12,14-15H2,1-2H3,(H,24,29). The molecule has 0 aromatic heterocycles. The van der Waals surface area contributed by atoms with Gasteiger partial charge in [-0.3, -0.25) is 14.5 Å². The van der Waals surface area contributed by atoms with Crippen molar-refractivity contribution in [1.82, 2.24) is 15.1 Å². The first-order valence-electron chi connectivity index (χ1n) is 10.2. The Morgan fingerprint density at radius 3 is 2.52 bits per heavy atom. The van der Waals surface area contributed by atoms with Gasteiger partial charge >= 0.3 is 6.03 Å². The van der Waals surface area contributed by atoms with Gasteiger partial charge in [0.05, 0.1) is 27.3 Å². The molecule has 0 aliphatic carbocycles. The SMILES string of the molecule is COc1ccc(C(=O)N2CCCC3(C2)NC(=O)N(Cc2ccccc2)C3=O)cc1OC. The van der Waals surface area contributed by atoms with Gasteiger partial charge in [-0.15, -0.1) is 0 Å². The fraction of sp³-hybridized carbons (Fsp3) is 0.348. The molecule has 2 aliphatic rings. The number of amides is 4. The Hall–Kier alpha value is -3.55. The first-order valence-corrected chi connectivity index (χ1v) is 10.2. The highest BCUT2D eigenvalue weighted by atomic mass is 16.5. The van der Waals surface area contributed by atoms with E-state index in [-0.39, 0.29) is 24.9 Å². The Morgan fingerprint density at radius 1 is 1.06 bits per heavy atom. The molecule has 2 aliphatic heterocycles. The van der Waals surface area contributed by atoms with Crippen LogP contribution in [0.1, 0.15) is 28.8 Å². The third kappa shape index (κ3) is 3.81. The molecule has 1 unspecified atom stereocenters. The van der Waals surface area contributed by atoms with Crippen LogP contribution in [-0.4, -0.2) is 60.5 Å². The second-order valence-corrected chi connectivity index (χ2v) is 7.79. The number of ether oxygens (including phenoxy) is 2. The summed E-state index contributed by atoms with van der Waals surface area (Å²) in [6.45, 7) is 0.851. The third-order valence-electron chi connectivity index (χ3n) is 5.84. The number of rotatable bonds is 5. The van der Waals surface area contributed by atoms with Crippen LogP contribution in [-0.2, 0) is 11.3 Å². The molecule has 2 fully saturated rings. The molecule has 1 N–H and O–H groups in total. The normalized spacial score (nSPS) is 20.7. The van der Waals surface area contributed by atoms with Crippen LogP contribution in [0.3, 0.4) is 0 Å². The van der Waals surface area contributed by atoms with E-state index < -0.39 is 11.6 Å². The first-order chi connectivity index (χ1) is 15.0. The molecule has 0 saturated carbocycles. The van der Waals surface area contributed by atoms with Gasteiger partial charge < -0.3 is 19.7 Å². The van der Waals surface area contributed by atoms with Crippen LogP contribution in [0.5, 0.6) is 11.5 Å². The Morgan fingerprint density at radius 2 is 1.81 bits per heavy atom. The van der Waals surface area contributed by atoms with Crippen LogP contribution in [0.2, 0.25) is 0 Å². The fourth-order valence-electron chi connectivity index (χ4n) is 4.24. The van der Waals surface area contributed by atoms with Gasteiger partial charge in [0.2, 0.25) is 0 Å². The maximum atomic E-state index is 13.3. The Balaban J connectivity index is 1.53. The van der Waals surface area contributed by atoms with E-state index in [2.05, 4.69) is 5.32 Å². The third-order valence-corrected chi connectivity index (χ3v) is 5.84. The van der Waals surface area contributed by atoms with E-state index in [0.29, 0.717) is 36.4 Å². The van der Waals surface area contributed by atoms with E-state index in [4.69, 9.17) is 9.47 Å². The number of nitrogens with zero attached hydrogens (tertiary/aromatic N) is 2. The van der Waals surface area contributed by atoms with Crippen LogP contribution in [0.4, 0.5) is 4.79 Å². The highest BCUT2D eigenvalue weighted by molar-refractivity contribution is 6.07. The number of carbonyl (C=O) groups is 3. The number of benzene rings is 2. The minimum Gasteiger partial charge on any atom is -0.493 e. The minimum atomic E-state index is -1.09.